The van der Waals surface area contributed by atoms with Crippen LogP contribution in [-0.4, -0.2) is 31.8 Å². The highest BCUT2D eigenvalue weighted by Crippen LogP contribution is 2.24. The Kier molecular flexibility index (Phi) is 5.44. The van der Waals surface area contributed by atoms with Crippen LogP contribution in [0.25, 0.3) is 0 Å². The lowest BCUT2D eigenvalue weighted by molar-refractivity contribution is 0.0821. The molecule has 3 heteroatoms. The number of nitrogens with two attached hydrogens (primary N) is 1. The molecule has 2 rings (SSSR count). The number of ether oxygens (including phenoxy) is 1. The fraction of sp³-hybridized carbons (Fsp3) is 0.647. The lowest BCUT2D eigenvalue weighted by Crippen LogP contribution is -2.30. The summed E-state index contributed by atoms with van der Waals surface area (Å²) in [6.07, 6.45) is 3.41. The Morgan fingerprint density at radius 2 is 2.25 bits per heavy atom. The second-order valence-corrected chi connectivity index (χ2v) is 5.97. The highest BCUT2D eigenvalue weighted by molar-refractivity contribution is 5.54. The fourth-order valence-electron chi connectivity index (χ4n) is 2.86. The second kappa shape index (κ2) is 7.09. The standard InChI is InChI=1S/C17H28N2O/c1-4-16(18)11-15-6-7-17(13(2)10-15)19-8-5-9-20-14(3)12-19/h6-7,10,14,16H,4-5,8-9,11-12,18H2,1-3H3. The van der Waals surface area contributed by atoms with Crippen LogP contribution < -0.4 is 10.6 Å². The molecule has 0 amide bonds. The molecule has 1 aromatic rings. The third kappa shape index (κ3) is 3.97. The summed E-state index contributed by atoms with van der Waals surface area (Å²) in [5.74, 6) is 0. The number of nitrogens with zero attached hydrogens (tertiary/aromatic N) is 1. The second-order valence-electron chi connectivity index (χ2n) is 5.97. The topological polar surface area (TPSA) is 38.5 Å². The van der Waals surface area contributed by atoms with Gasteiger partial charge < -0.3 is 15.4 Å². The van der Waals surface area contributed by atoms with Crippen molar-refractivity contribution in [2.24, 2.45) is 5.73 Å². The van der Waals surface area contributed by atoms with E-state index in [1.807, 2.05) is 0 Å². The van der Waals surface area contributed by atoms with Crippen LogP contribution >= 0.6 is 0 Å². The molecule has 112 valence electrons. The van der Waals surface area contributed by atoms with Crippen LogP contribution in [0, 0.1) is 6.92 Å². The van der Waals surface area contributed by atoms with Crippen LogP contribution in [0.2, 0.25) is 0 Å². The average Bonchev–Trinajstić information content (AvgIpc) is 2.63. The van der Waals surface area contributed by atoms with E-state index in [-0.39, 0.29) is 6.04 Å². The molecule has 0 saturated carbocycles. The first-order chi connectivity index (χ1) is 9.60. The Hall–Kier alpha value is -1.06. The Bertz CT molecular complexity index is 433. The quantitative estimate of drug-likeness (QED) is 0.919. The zero-order chi connectivity index (χ0) is 14.5. The van der Waals surface area contributed by atoms with Gasteiger partial charge in [0.15, 0.2) is 0 Å². The fourth-order valence-corrected chi connectivity index (χ4v) is 2.86. The third-order valence-electron chi connectivity index (χ3n) is 4.08. The molecular formula is C17H28N2O. The molecule has 1 saturated heterocycles. The van der Waals surface area contributed by atoms with Crippen molar-refractivity contribution < 1.29 is 4.74 Å². The minimum absolute atomic E-state index is 0.270. The number of benzene rings is 1. The lowest BCUT2D eigenvalue weighted by atomic mass is 10.0. The molecule has 2 atom stereocenters. The molecule has 1 aliphatic heterocycles. The van der Waals surface area contributed by atoms with Gasteiger partial charge in [0.05, 0.1) is 6.10 Å². The predicted molar refractivity (Wildman–Crippen MR) is 85.4 cm³/mol. The highest BCUT2D eigenvalue weighted by Gasteiger charge is 2.17. The number of anilines is 1. The van der Waals surface area contributed by atoms with Gasteiger partial charge in [0.25, 0.3) is 0 Å². The molecule has 0 aliphatic carbocycles. The van der Waals surface area contributed by atoms with E-state index in [0.29, 0.717) is 6.10 Å². The molecule has 0 aromatic heterocycles. The highest BCUT2D eigenvalue weighted by atomic mass is 16.5. The maximum atomic E-state index is 6.05. The Morgan fingerprint density at radius 1 is 1.45 bits per heavy atom. The summed E-state index contributed by atoms with van der Waals surface area (Å²) in [5.41, 5.74) is 10.1. The maximum Gasteiger partial charge on any atom is 0.0721 e. The summed E-state index contributed by atoms with van der Waals surface area (Å²) in [6.45, 7) is 9.44. The summed E-state index contributed by atoms with van der Waals surface area (Å²) in [7, 11) is 0. The first-order valence-electron chi connectivity index (χ1n) is 7.81. The van der Waals surface area contributed by atoms with Crippen molar-refractivity contribution in [1.82, 2.24) is 0 Å². The van der Waals surface area contributed by atoms with E-state index in [1.54, 1.807) is 0 Å². The molecule has 20 heavy (non-hydrogen) atoms. The molecule has 1 aliphatic rings. The van der Waals surface area contributed by atoms with Gasteiger partial charge in [-0.2, -0.15) is 0 Å². The minimum Gasteiger partial charge on any atom is -0.377 e. The van der Waals surface area contributed by atoms with Gasteiger partial charge in [-0.15, -0.1) is 0 Å². The van der Waals surface area contributed by atoms with E-state index in [4.69, 9.17) is 10.5 Å². The summed E-state index contributed by atoms with van der Waals surface area (Å²) >= 11 is 0. The molecule has 1 fully saturated rings. The molecule has 0 bridgehead atoms. The van der Waals surface area contributed by atoms with Crippen molar-refractivity contribution in [2.45, 2.75) is 52.2 Å². The van der Waals surface area contributed by atoms with Gasteiger partial charge in [-0.05, 0) is 50.3 Å². The minimum atomic E-state index is 0.270. The molecule has 1 aromatic carbocycles. The molecular weight excluding hydrogens is 248 g/mol. The SMILES string of the molecule is CCC(N)Cc1ccc(N2CCCOC(C)C2)c(C)c1. The van der Waals surface area contributed by atoms with Gasteiger partial charge in [-0.3, -0.25) is 0 Å². The van der Waals surface area contributed by atoms with E-state index < -0.39 is 0 Å². The normalized spacial score (nSPS) is 21.6. The summed E-state index contributed by atoms with van der Waals surface area (Å²) in [6, 6.07) is 7.05. The third-order valence-corrected chi connectivity index (χ3v) is 4.08. The van der Waals surface area contributed by atoms with Crippen LogP contribution in [0.15, 0.2) is 18.2 Å². The van der Waals surface area contributed by atoms with Gasteiger partial charge in [0.1, 0.15) is 0 Å². The number of rotatable bonds is 4. The van der Waals surface area contributed by atoms with E-state index >= 15 is 0 Å². The van der Waals surface area contributed by atoms with Crippen molar-refractivity contribution in [3.8, 4) is 0 Å². The first-order valence-corrected chi connectivity index (χ1v) is 7.81. The van der Waals surface area contributed by atoms with Crippen LogP contribution in [0.5, 0.6) is 0 Å². The molecule has 3 nitrogen and oxygen atoms in total. The number of hydrogen-bond acceptors (Lipinski definition) is 3. The van der Waals surface area contributed by atoms with Gasteiger partial charge in [-0.25, -0.2) is 0 Å². The van der Waals surface area contributed by atoms with E-state index in [1.165, 1.54) is 16.8 Å². The monoisotopic (exact) mass is 276 g/mol. The first kappa shape index (κ1) is 15.3. The Balaban J connectivity index is 2.12. The van der Waals surface area contributed by atoms with E-state index in [0.717, 1.165) is 39.0 Å². The van der Waals surface area contributed by atoms with Crippen LogP contribution in [0.3, 0.4) is 0 Å². The van der Waals surface area contributed by atoms with Gasteiger partial charge in [0, 0.05) is 31.4 Å². The predicted octanol–water partition coefficient (Wildman–Crippen LogP) is 2.89. The van der Waals surface area contributed by atoms with Gasteiger partial charge in [0.2, 0.25) is 0 Å². The van der Waals surface area contributed by atoms with Crippen molar-refractivity contribution in [1.29, 1.82) is 0 Å². The zero-order valence-corrected chi connectivity index (χ0v) is 13.1. The molecule has 0 spiro atoms. The van der Waals surface area contributed by atoms with Crippen molar-refractivity contribution in [2.75, 3.05) is 24.6 Å². The molecule has 1 heterocycles. The van der Waals surface area contributed by atoms with Crippen LogP contribution in [0.4, 0.5) is 5.69 Å². The maximum absolute atomic E-state index is 6.05. The average molecular weight is 276 g/mol. The van der Waals surface area contributed by atoms with Gasteiger partial charge in [-0.1, -0.05) is 19.1 Å². The van der Waals surface area contributed by atoms with E-state index in [9.17, 15) is 0 Å². The summed E-state index contributed by atoms with van der Waals surface area (Å²) in [5, 5.41) is 0. The van der Waals surface area contributed by atoms with Crippen molar-refractivity contribution in [3.63, 3.8) is 0 Å². The van der Waals surface area contributed by atoms with Gasteiger partial charge >= 0.3 is 0 Å². The lowest BCUT2D eigenvalue weighted by Gasteiger charge is -2.26. The van der Waals surface area contributed by atoms with E-state index in [2.05, 4.69) is 43.9 Å². The number of hydrogen-bond donors (Lipinski definition) is 1. The zero-order valence-electron chi connectivity index (χ0n) is 13.1. The summed E-state index contributed by atoms with van der Waals surface area (Å²) in [4.78, 5) is 2.45. The van der Waals surface area contributed by atoms with Crippen LogP contribution in [0.1, 0.15) is 37.8 Å². The summed E-state index contributed by atoms with van der Waals surface area (Å²) < 4.78 is 5.73. The molecule has 2 N–H and O–H groups in total. The smallest absolute Gasteiger partial charge is 0.0721 e. The van der Waals surface area contributed by atoms with Crippen molar-refractivity contribution >= 4 is 5.69 Å². The molecule has 2 unspecified atom stereocenters. The molecule has 0 radical (unpaired) electrons. The van der Waals surface area contributed by atoms with Crippen LogP contribution in [-0.2, 0) is 11.2 Å². The van der Waals surface area contributed by atoms with Crippen molar-refractivity contribution in [3.05, 3.63) is 29.3 Å². The Labute approximate surface area is 123 Å². The largest absolute Gasteiger partial charge is 0.377 e. The number of aryl methyl sites for hydroxylation is 1. The Morgan fingerprint density at radius 3 is 2.95 bits per heavy atom.